The fraction of sp³-hybridized carbons (Fsp3) is 0.250. The van der Waals surface area contributed by atoms with Gasteiger partial charge in [0.2, 0.25) is 0 Å². The predicted molar refractivity (Wildman–Crippen MR) is 74.4 cm³/mol. The predicted octanol–water partition coefficient (Wildman–Crippen LogP) is 2.69. The summed E-state index contributed by atoms with van der Waals surface area (Å²) >= 11 is 6.55. The second-order valence-electron chi connectivity index (χ2n) is 3.62. The number of carbonyl (C=O) groups is 1. The third-order valence-corrected chi connectivity index (χ3v) is 3.68. The van der Waals surface area contributed by atoms with Gasteiger partial charge >= 0.3 is 0 Å². The Kier molecular flexibility index (Phi) is 3.91. The number of hydrogen-bond donors (Lipinski definition) is 0. The average Bonchev–Trinajstić information content (AvgIpc) is 2.59. The van der Waals surface area contributed by atoms with Gasteiger partial charge in [-0.2, -0.15) is 0 Å². The molecule has 0 N–H and O–H groups in total. The maximum atomic E-state index is 12.0. The van der Waals surface area contributed by atoms with Gasteiger partial charge in [-0.3, -0.25) is 14.7 Å². The van der Waals surface area contributed by atoms with Crippen LogP contribution >= 0.6 is 24.0 Å². The van der Waals surface area contributed by atoms with Gasteiger partial charge in [0.15, 0.2) is 0 Å². The van der Waals surface area contributed by atoms with E-state index in [4.69, 9.17) is 12.2 Å². The molecule has 0 atom stereocenters. The van der Waals surface area contributed by atoms with Gasteiger partial charge in [0.05, 0.1) is 4.91 Å². The Bertz CT molecular complexity index is 471. The van der Waals surface area contributed by atoms with E-state index in [1.807, 2.05) is 25.1 Å². The molecule has 0 spiro atoms. The van der Waals surface area contributed by atoms with E-state index >= 15 is 0 Å². The molecule has 2 heterocycles. The highest BCUT2D eigenvalue weighted by Gasteiger charge is 2.30. The lowest BCUT2D eigenvalue weighted by Gasteiger charge is -2.11. The summed E-state index contributed by atoms with van der Waals surface area (Å²) in [6.07, 6.45) is 6.18. The topological polar surface area (TPSA) is 33.2 Å². The molecule has 1 aromatic heterocycles. The first-order valence-electron chi connectivity index (χ1n) is 5.37. The second kappa shape index (κ2) is 5.42. The van der Waals surface area contributed by atoms with Crippen molar-refractivity contribution in [3.63, 3.8) is 0 Å². The number of carbonyl (C=O) groups excluding carboxylic acids is 1. The lowest BCUT2D eigenvalue weighted by molar-refractivity contribution is -0.122. The lowest BCUT2D eigenvalue weighted by Crippen LogP contribution is -2.28. The van der Waals surface area contributed by atoms with Crippen LogP contribution in [0, 0.1) is 0 Å². The van der Waals surface area contributed by atoms with Gasteiger partial charge in [-0.05, 0) is 24.1 Å². The van der Waals surface area contributed by atoms with Gasteiger partial charge in [0, 0.05) is 18.9 Å². The van der Waals surface area contributed by atoms with Crippen molar-refractivity contribution in [2.75, 3.05) is 6.54 Å². The monoisotopic (exact) mass is 264 g/mol. The highest BCUT2D eigenvalue weighted by molar-refractivity contribution is 8.26. The van der Waals surface area contributed by atoms with Crippen LogP contribution in [0.3, 0.4) is 0 Å². The molecule has 1 fully saturated rings. The minimum absolute atomic E-state index is 0.00528. The largest absolute Gasteiger partial charge is 0.293 e. The van der Waals surface area contributed by atoms with E-state index in [1.165, 1.54) is 11.8 Å². The fourth-order valence-electron chi connectivity index (χ4n) is 1.53. The van der Waals surface area contributed by atoms with Gasteiger partial charge in [0.25, 0.3) is 5.91 Å². The Hall–Kier alpha value is -1.20. The van der Waals surface area contributed by atoms with Crippen LogP contribution in [0.5, 0.6) is 0 Å². The van der Waals surface area contributed by atoms with Crippen molar-refractivity contribution in [2.24, 2.45) is 0 Å². The highest BCUT2D eigenvalue weighted by Crippen LogP contribution is 2.32. The first-order valence-corrected chi connectivity index (χ1v) is 6.60. The summed E-state index contributed by atoms with van der Waals surface area (Å²) in [5.74, 6) is 0.00528. The number of amides is 1. The number of nitrogens with zero attached hydrogens (tertiary/aromatic N) is 2. The van der Waals surface area contributed by atoms with Crippen molar-refractivity contribution < 1.29 is 4.79 Å². The van der Waals surface area contributed by atoms with Gasteiger partial charge in [0.1, 0.15) is 4.32 Å². The molecule has 17 heavy (non-hydrogen) atoms. The summed E-state index contributed by atoms with van der Waals surface area (Å²) in [4.78, 5) is 18.4. The molecule has 0 aromatic carbocycles. The zero-order valence-corrected chi connectivity index (χ0v) is 11.1. The summed E-state index contributed by atoms with van der Waals surface area (Å²) in [6.45, 7) is 2.72. The molecule has 5 heteroatoms. The van der Waals surface area contributed by atoms with E-state index in [1.54, 1.807) is 17.3 Å². The first kappa shape index (κ1) is 12.3. The fourth-order valence-corrected chi connectivity index (χ4v) is 2.84. The van der Waals surface area contributed by atoms with Crippen molar-refractivity contribution in [1.29, 1.82) is 0 Å². The van der Waals surface area contributed by atoms with Crippen molar-refractivity contribution in [1.82, 2.24) is 9.88 Å². The summed E-state index contributed by atoms with van der Waals surface area (Å²) in [5.41, 5.74) is 0.921. The van der Waals surface area contributed by atoms with Crippen molar-refractivity contribution in [2.45, 2.75) is 13.3 Å². The molecule has 1 amide bonds. The molecule has 1 aliphatic rings. The van der Waals surface area contributed by atoms with E-state index in [0.29, 0.717) is 15.8 Å². The van der Waals surface area contributed by atoms with E-state index in [9.17, 15) is 4.79 Å². The highest BCUT2D eigenvalue weighted by atomic mass is 32.2. The number of rotatable bonds is 3. The van der Waals surface area contributed by atoms with Crippen molar-refractivity contribution in [3.8, 4) is 0 Å². The first-order chi connectivity index (χ1) is 8.22. The van der Waals surface area contributed by atoms with Crippen LogP contribution < -0.4 is 0 Å². The molecule has 0 radical (unpaired) electrons. The molecule has 2 rings (SSSR count). The van der Waals surface area contributed by atoms with Crippen molar-refractivity contribution >= 4 is 40.3 Å². The molecule has 0 bridgehead atoms. The smallest absolute Gasteiger partial charge is 0.266 e. The number of pyridine rings is 1. The Labute approximate surface area is 110 Å². The van der Waals surface area contributed by atoms with E-state index in [2.05, 4.69) is 4.98 Å². The molecular weight excluding hydrogens is 252 g/mol. The number of thioether (sulfide) groups is 1. The second-order valence-corrected chi connectivity index (χ2v) is 5.30. The van der Waals surface area contributed by atoms with Gasteiger partial charge in [-0.25, -0.2) is 0 Å². The molecule has 88 valence electrons. The van der Waals surface area contributed by atoms with Crippen LogP contribution in [0.15, 0.2) is 29.4 Å². The third-order valence-electron chi connectivity index (χ3n) is 2.30. The molecule has 0 aliphatic carbocycles. The SMILES string of the molecule is CCCN1C(=O)C(=Cc2cccnc2)SC1=S. The van der Waals surface area contributed by atoms with Gasteiger partial charge in [-0.15, -0.1) is 0 Å². The van der Waals surface area contributed by atoms with E-state index < -0.39 is 0 Å². The van der Waals surface area contributed by atoms with Crippen molar-refractivity contribution in [3.05, 3.63) is 35.0 Å². The molecule has 3 nitrogen and oxygen atoms in total. The average molecular weight is 264 g/mol. The number of aromatic nitrogens is 1. The molecule has 1 aromatic rings. The number of hydrogen-bond acceptors (Lipinski definition) is 4. The quantitative estimate of drug-likeness (QED) is 0.621. The Morgan fingerprint density at radius 3 is 3.06 bits per heavy atom. The number of thiocarbonyl (C=S) groups is 1. The summed E-state index contributed by atoms with van der Waals surface area (Å²) in [6, 6.07) is 3.76. The molecule has 1 saturated heterocycles. The maximum Gasteiger partial charge on any atom is 0.266 e. The summed E-state index contributed by atoms with van der Waals surface area (Å²) < 4.78 is 0.645. The minimum atomic E-state index is 0.00528. The molecule has 0 saturated carbocycles. The van der Waals surface area contributed by atoms with Crippen LogP contribution in [0.1, 0.15) is 18.9 Å². The van der Waals surface area contributed by atoms with Crippen LogP contribution in [-0.2, 0) is 4.79 Å². The van der Waals surface area contributed by atoms with Gasteiger partial charge < -0.3 is 0 Å². The summed E-state index contributed by atoms with van der Waals surface area (Å²) in [5, 5.41) is 0. The standard InChI is InChI=1S/C12H12N2OS2/c1-2-6-14-11(15)10(17-12(14)16)7-9-4-3-5-13-8-9/h3-5,7-8H,2,6H2,1H3. The molecule has 1 aliphatic heterocycles. The molecular formula is C12H12N2OS2. The van der Waals surface area contributed by atoms with Crippen LogP contribution in [0.25, 0.3) is 6.08 Å². The van der Waals surface area contributed by atoms with Gasteiger partial charge in [-0.1, -0.05) is 37.0 Å². The normalized spacial score (nSPS) is 18.2. The zero-order valence-electron chi connectivity index (χ0n) is 9.42. The summed E-state index contributed by atoms with van der Waals surface area (Å²) in [7, 11) is 0. The Balaban J connectivity index is 2.22. The third kappa shape index (κ3) is 2.73. The van der Waals surface area contributed by atoms with Crippen LogP contribution in [0.2, 0.25) is 0 Å². The van der Waals surface area contributed by atoms with E-state index in [-0.39, 0.29) is 5.91 Å². The lowest BCUT2D eigenvalue weighted by atomic mass is 10.2. The Morgan fingerprint density at radius 2 is 2.41 bits per heavy atom. The zero-order chi connectivity index (χ0) is 12.3. The Morgan fingerprint density at radius 1 is 1.59 bits per heavy atom. The molecule has 0 unspecified atom stereocenters. The maximum absolute atomic E-state index is 12.0. The minimum Gasteiger partial charge on any atom is -0.293 e. The van der Waals surface area contributed by atoms with Crippen LogP contribution in [-0.4, -0.2) is 26.7 Å². The van der Waals surface area contributed by atoms with Crippen LogP contribution in [0.4, 0.5) is 0 Å². The van der Waals surface area contributed by atoms with E-state index in [0.717, 1.165) is 12.0 Å².